The van der Waals surface area contributed by atoms with Gasteiger partial charge in [-0.2, -0.15) is 0 Å². The molecule has 0 atom stereocenters. The predicted molar refractivity (Wildman–Crippen MR) is 140 cm³/mol. The Hall–Kier alpha value is -2.83. The van der Waals surface area contributed by atoms with Crippen LogP contribution in [0.15, 0.2) is 59.5 Å². The molecular weight excluding hydrogens is 460 g/mol. The van der Waals surface area contributed by atoms with Crippen LogP contribution in [0.1, 0.15) is 37.7 Å². The molecule has 6 nitrogen and oxygen atoms in total. The van der Waals surface area contributed by atoms with Gasteiger partial charge in [-0.05, 0) is 54.8 Å². The lowest BCUT2D eigenvalue weighted by Gasteiger charge is -2.49. The van der Waals surface area contributed by atoms with Crippen LogP contribution in [0.4, 0.5) is 5.69 Å². The summed E-state index contributed by atoms with van der Waals surface area (Å²) in [7, 11) is 0. The highest BCUT2D eigenvalue weighted by atomic mass is 35.5. The van der Waals surface area contributed by atoms with Crippen LogP contribution < -0.4 is 10.9 Å². The number of benzene rings is 2. The van der Waals surface area contributed by atoms with Crippen LogP contribution >= 0.6 is 11.6 Å². The smallest absolute Gasteiger partial charge is 0.257 e. The fourth-order valence-corrected chi connectivity index (χ4v) is 6.46. The molecule has 2 aliphatic heterocycles. The summed E-state index contributed by atoms with van der Waals surface area (Å²) in [6.45, 7) is 3.66. The number of aromatic amines is 1. The fourth-order valence-electron chi connectivity index (χ4n) is 6.15. The van der Waals surface area contributed by atoms with Crippen molar-refractivity contribution in [3.8, 4) is 0 Å². The molecule has 0 bridgehead atoms. The number of fused-ring (bicyclic) bond motifs is 1. The Morgan fingerprint density at radius 2 is 1.80 bits per heavy atom. The number of hydrogen-bond donors (Lipinski definition) is 2. The lowest BCUT2D eigenvalue weighted by molar-refractivity contribution is -0.142. The minimum Gasteiger partial charge on any atom is -0.380 e. The molecule has 0 unspecified atom stereocenters. The lowest BCUT2D eigenvalue weighted by atomic mass is 9.63. The van der Waals surface area contributed by atoms with Gasteiger partial charge in [0.2, 0.25) is 5.91 Å². The molecule has 3 aromatic rings. The molecule has 6 rings (SSSR count). The van der Waals surface area contributed by atoms with Gasteiger partial charge in [-0.1, -0.05) is 48.4 Å². The van der Waals surface area contributed by atoms with E-state index in [9.17, 15) is 9.59 Å². The maximum Gasteiger partial charge on any atom is 0.257 e. The van der Waals surface area contributed by atoms with Crippen molar-refractivity contribution in [3.05, 3.63) is 75.7 Å². The summed E-state index contributed by atoms with van der Waals surface area (Å²) >= 11 is 6.38. The number of anilines is 1. The zero-order valence-electron chi connectivity index (χ0n) is 19.8. The van der Waals surface area contributed by atoms with Crippen LogP contribution in [0.3, 0.4) is 0 Å². The van der Waals surface area contributed by atoms with Crippen LogP contribution in [0, 0.1) is 0 Å². The minimum atomic E-state index is -0.286. The topological polar surface area (TPSA) is 68.4 Å². The predicted octanol–water partition coefficient (Wildman–Crippen LogP) is 4.39. The third-order valence-electron chi connectivity index (χ3n) is 8.32. The first-order valence-electron chi connectivity index (χ1n) is 12.7. The molecule has 3 aliphatic rings. The second-order valence-electron chi connectivity index (χ2n) is 10.3. The largest absolute Gasteiger partial charge is 0.380 e. The van der Waals surface area contributed by atoms with E-state index in [4.69, 9.17) is 11.6 Å². The van der Waals surface area contributed by atoms with Gasteiger partial charge < -0.3 is 15.2 Å². The molecule has 2 saturated heterocycles. The number of rotatable bonds is 5. The second-order valence-corrected chi connectivity index (χ2v) is 10.8. The molecule has 182 valence electrons. The molecule has 1 aliphatic carbocycles. The SMILES string of the molecule is O=C(N1CCC(N2CC(Nc3cc(Cl)c4c(=O)[nH]ccc4c3)C2)CC1)C1(c2ccccc2)CCC1. The van der Waals surface area contributed by atoms with Gasteiger partial charge in [0.25, 0.3) is 5.56 Å². The van der Waals surface area contributed by atoms with Gasteiger partial charge in [-0.3, -0.25) is 14.5 Å². The van der Waals surface area contributed by atoms with Gasteiger partial charge in [0.1, 0.15) is 0 Å². The number of H-pyrrole nitrogens is 1. The van der Waals surface area contributed by atoms with E-state index < -0.39 is 0 Å². The summed E-state index contributed by atoms with van der Waals surface area (Å²) in [4.78, 5) is 32.9. The Kier molecular flexibility index (Phi) is 5.81. The molecule has 2 aromatic carbocycles. The maximum atomic E-state index is 13.5. The van der Waals surface area contributed by atoms with Crippen LogP contribution in [0.5, 0.6) is 0 Å². The molecule has 1 saturated carbocycles. The summed E-state index contributed by atoms with van der Waals surface area (Å²) in [6, 6.07) is 17.0. The number of nitrogens with zero attached hydrogens (tertiary/aromatic N) is 2. The van der Waals surface area contributed by atoms with Crippen LogP contribution in [-0.4, -0.2) is 59.0 Å². The maximum absolute atomic E-state index is 13.5. The molecule has 3 heterocycles. The molecule has 2 N–H and O–H groups in total. The second kappa shape index (κ2) is 8.99. The van der Waals surface area contributed by atoms with Crippen molar-refractivity contribution in [1.29, 1.82) is 0 Å². The van der Waals surface area contributed by atoms with E-state index in [1.165, 1.54) is 5.56 Å². The standard InChI is InChI=1S/C28H31ClN4O2/c29-24-16-21(15-19-7-12-30-26(34)25(19)24)31-22-17-33(18-22)23-8-13-32(14-9-23)27(35)28(10-4-11-28)20-5-2-1-3-6-20/h1-3,5-7,12,15-16,22-23,31H,4,8-11,13-14,17-18H2,(H,30,34). The molecule has 1 amide bonds. The zero-order valence-corrected chi connectivity index (χ0v) is 20.6. The Labute approximate surface area is 210 Å². The number of piperidine rings is 1. The number of nitrogens with one attached hydrogen (secondary N) is 2. The molecule has 35 heavy (non-hydrogen) atoms. The Morgan fingerprint density at radius 1 is 1.06 bits per heavy atom. The van der Waals surface area contributed by atoms with Crippen molar-refractivity contribution in [3.63, 3.8) is 0 Å². The zero-order chi connectivity index (χ0) is 24.0. The molecular formula is C28H31ClN4O2. The first-order valence-corrected chi connectivity index (χ1v) is 13.1. The van der Waals surface area contributed by atoms with Gasteiger partial charge in [0.15, 0.2) is 0 Å². The third kappa shape index (κ3) is 4.03. The first kappa shape index (κ1) is 22.6. The summed E-state index contributed by atoms with van der Waals surface area (Å²) in [5, 5.41) is 5.43. The van der Waals surface area contributed by atoms with Crippen LogP contribution in [0.25, 0.3) is 10.8 Å². The first-order chi connectivity index (χ1) is 17.0. The van der Waals surface area contributed by atoms with Crippen LogP contribution in [0.2, 0.25) is 5.02 Å². The Balaban J connectivity index is 1.03. The van der Waals surface area contributed by atoms with E-state index in [0.29, 0.717) is 28.4 Å². The quantitative estimate of drug-likeness (QED) is 0.556. The molecule has 3 fully saturated rings. The average Bonchev–Trinajstić information content (AvgIpc) is 2.81. The van der Waals surface area contributed by atoms with E-state index in [-0.39, 0.29) is 11.0 Å². The molecule has 0 radical (unpaired) electrons. The lowest BCUT2D eigenvalue weighted by Crippen LogP contribution is -2.61. The number of halogens is 1. The van der Waals surface area contributed by atoms with Crippen molar-refractivity contribution in [2.24, 2.45) is 0 Å². The number of carbonyl (C=O) groups is 1. The third-order valence-corrected chi connectivity index (χ3v) is 8.61. The van der Waals surface area contributed by atoms with Crippen molar-refractivity contribution in [2.75, 3.05) is 31.5 Å². The number of amides is 1. The van der Waals surface area contributed by atoms with E-state index in [1.807, 2.05) is 24.3 Å². The number of pyridine rings is 1. The summed E-state index contributed by atoms with van der Waals surface area (Å²) in [6.07, 6.45) is 6.81. The van der Waals surface area contributed by atoms with E-state index in [1.54, 1.807) is 6.20 Å². The van der Waals surface area contributed by atoms with Gasteiger partial charge in [-0.25, -0.2) is 0 Å². The van der Waals surface area contributed by atoms with Crippen molar-refractivity contribution >= 4 is 34.0 Å². The van der Waals surface area contributed by atoms with Crippen molar-refractivity contribution in [1.82, 2.24) is 14.8 Å². The number of likely N-dealkylation sites (tertiary alicyclic amines) is 2. The summed E-state index contributed by atoms with van der Waals surface area (Å²) < 4.78 is 0. The van der Waals surface area contributed by atoms with E-state index in [0.717, 1.165) is 69.4 Å². The highest BCUT2D eigenvalue weighted by Gasteiger charge is 2.48. The molecule has 1 aromatic heterocycles. The Morgan fingerprint density at radius 3 is 2.49 bits per heavy atom. The number of carbonyl (C=O) groups excluding carboxylic acids is 1. The van der Waals surface area contributed by atoms with Crippen molar-refractivity contribution < 1.29 is 4.79 Å². The fraction of sp³-hybridized carbons (Fsp3) is 0.429. The van der Waals surface area contributed by atoms with E-state index >= 15 is 0 Å². The Bertz CT molecular complexity index is 1290. The summed E-state index contributed by atoms with van der Waals surface area (Å²) in [5.74, 6) is 0.337. The number of hydrogen-bond acceptors (Lipinski definition) is 4. The van der Waals surface area contributed by atoms with Crippen molar-refractivity contribution in [2.45, 2.75) is 49.6 Å². The normalized spacial score (nSPS) is 20.9. The van der Waals surface area contributed by atoms with E-state index in [2.05, 4.69) is 44.4 Å². The highest BCUT2D eigenvalue weighted by molar-refractivity contribution is 6.35. The monoisotopic (exact) mass is 490 g/mol. The highest BCUT2D eigenvalue weighted by Crippen LogP contribution is 2.45. The van der Waals surface area contributed by atoms with Gasteiger partial charge in [0, 0.05) is 44.1 Å². The van der Waals surface area contributed by atoms with Gasteiger partial charge in [-0.15, -0.1) is 0 Å². The van der Waals surface area contributed by atoms with Gasteiger partial charge in [0.05, 0.1) is 21.9 Å². The van der Waals surface area contributed by atoms with Gasteiger partial charge >= 0.3 is 0 Å². The minimum absolute atomic E-state index is 0.161. The molecule has 7 heteroatoms. The van der Waals surface area contributed by atoms with Crippen LogP contribution in [-0.2, 0) is 10.2 Å². The average molecular weight is 491 g/mol. The number of aromatic nitrogens is 1. The summed E-state index contributed by atoms with van der Waals surface area (Å²) in [5.41, 5.74) is 1.69. The molecule has 0 spiro atoms.